The van der Waals surface area contributed by atoms with Gasteiger partial charge in [0.2, 0.25) is 0 Å². The predicted molar refractivity (Wildman–Crippen MR) is 95.5 cm³/mol. The number of amides is 1. The van der Waals surface area contributed by atoms with Crippen LogP contribution in [0.25, 0.3) is 17.1 Å². The Morgan fingerprint density at radius 1 is 1.17 bits per heavy atom. The molecule has 0 saturated carbocycles. The summed E-state index contributed by atoms with van der Waals surface area (Å²) in [6.45, 7) is 1.75. The number of rotatable bonds is 2. The number of furan rings is 1. The maximum Gasteiger partial charge on any atom is 0.433 e. The van der Waals surface area contributed by atoms with E-state index in [1.807, 2.05) is 0 Å². The molecule has 1 amide bonds. The summed E-state index contributed by atoms with van der Waals surface area (Å²) in [5.41, 5.74) is -1.24. The molecule has 3 aromatic heterocycles. The van der Waals surface area contributed by atoms with Crippen molar-refractivity contribution in [3.05, 3.63) is 41.9 Å². The van der Waals surface area contributed by atoms with E-state index in [9.17, 15) is 18.0 Å². The second-order valence-corrected chi connectivity index (χ2v) is 7.20. The van der Waals surface area contributed by atoms with Gasteiger partial charge in [0.15, 0.2) is 22.9 Å². The van der Waals surface area contributed by atoms with E-state index in [2.05, 4.69) is 10.1 Å². The molecule has 0 atom stereocenters. The van der Waals surface area contributed by atoms with E-state index in [0.717, 1.165) is 12.3 Å². The maximum atomic E-state index is 13.6. The van der Waals surface area contributed by atoms with Gasteiger partial charge >= 0.3 is 6.18 Å². The molecule has 0 N–H and O–H groups in total. The number of carbonyl (C=O) groups is 1. The number of fused-ring (bicyclic) bond motifs is 1. The minimum absolute atomic E-state index is 0.00175. The van der Waals surface area contributed by atoms with Gasteiger partial charge in [0.05, 0.1) is 25.7 Å². The number of halogens is 3. The largest absolute Gasteiger partial charge is 0.463 e. The van der Waals surface area contributed by atoms with Gasteiger partial charge in [-0.2, -0.15) is 18.3 Å². The van der Waals surface area contributed by atoms with Crippen molar-refractivity contribution in [2.24, 2.45) is 0 Å². The molecule has 2 saturated heterocycles. The van der Waals surface area contributed by atoms with Crippen molar-refractivity contribution in [3.63, 3.8) is 0 Å². The molecule has 30 heavy (non-hydrogen) atoms. The number of aromatic nitrogens is 3. The van der Waals surface area contributed by atoms with E-state index in [1.54, 1.807) is 11.0 Å². The van der Waals surface area contributed by atoms with Crippen molar-refractivity contribution in [1.82, 2.24) is 19.5 Å². The number of piperidine rings is 1. The highest BCUT2D eigenvalue weighted by Crippen LogP contribution is 2.34. The minimum Gasteiger partial charge on any atom is -0.463 e. The van der Waals surface area contributed by atoms with Gasteiger partial charge < -0.3 is 18.8 Å². The Bertz CT molecular complexity index is 1080. The fourth-order valence-electron chi connectivity index (χ4n) is 3.87. The van der Waals surface area contributed by atoms with Crippen LogP contribution in [-0.2, 0) is 15.7 Å². The molecular formula is C19H17F3N4O4. The van der Waals surface area contributed by atoms with Gasteiger partial charge in [-0.15, -0.1) is 0 Å². The topological polar surface area (TPSA) is 82.1 Å². The standard InChI is InChI=1S/C19H17F3N4O4/c20-19(21,22)15-10-13(14-2-1-7-28-14)24-16-12(11-23-26(15)16)17(27)25-5-3-18(4-6-25)29-8-9-30-18/h1-2,7,10-11H,3-6,8-9H2. The van der Waals surface area contributed by atoms with Crippen LogP contribution in [0.5, 0.6) is 0 Å². The highest BCUT2D eigenvalue weighted by Gasteiger charge is 2.42. The second-order valence-electron chi connectivity index (χ2n) is 7.20. The van der Waals surface area contributed by atoms with Gasteiger partial charge in [-0.1, -0.05) is 0 Å². The van der Waals surface area contributed by atoms with Gasteiger partial charge in [-0.3, -0.25) is 4.79 Å². The molecule has 158 valence electrons. The SMILES string of the molecule is O=C(c1cnn2c(C(F)(F)F)cc(-c3ccco3)nc12)N1CCC2(CC1)OCCO2. The molecule has 2 aliphatic heterocycles. The molecule has 2 fully saturated rings. The summed E-state index contributed by atoms with van der Waals surface area (Å²) in [7, 11) is 0. The van der Waals surface area contributed by atoms with Crippen LogP contribution in [0.1, 0.15) is 28.9 Å². The number of ether oxygens (including phenoxy) is 2. The van der Waals surface area contributed by atoms with Crippen molar-refractivity contribution >= 4 is 11.6 Å². The van der Waals surface area contributed by atoms with Crippen LogP contribution in [0, 0.1) is 0 Å². The Morgan fingerprint density at radius 3 is 2.53 bits per heavy atom. The Morgan fingerprint density at radius 2 is 1.90 bits per heavy atom. The zero-order valence-electron chi connectivity index (χ0n) is 15.7. The monoisotopic (exact) mass is 422 g/mol. The first-order valence-electron chi connectivity index (χ1n) is 9.43. The fourth-order valence-corrected chi connectivity index (χ4v) is 3.87. The third-order valence-corrected chi connectivity index (χ3v) is 5.39. The third kappa shape index (κ3) is 3.14. The average Bonchev–Trinajstić information content (AvgIpc) is 3.47. The Kier molecular flexibility index (Phi) is 4.33. The van der Waals surface area contributed by atoms with Gasteiger partial charge in [0.1, 0.15) is 11.3 Å². The minimum atomic E-state index is -4.69. The van der Waals surface area contributed by atoms with Crippen LogP contribution in [-0.4, -0.2) is 57.5 Å². The summed E-state index contributed by atoms with van der Waals surface area (Å²) < 4.78 is 58.1. The van der Waals surface area contributed by atoms with E-state index in [-0.39, 0.29) is 22.7 Å². The summed E-state index contributed by atoms with van der Waals surface area (Å²) in [6, 6.07) is 3.91. The third-order valence-electron chi connectivity index (χ3n) is 5.39. The van der Waals surface area contributed by atoms with Crippen LogP contribution in [0.2, 0.25) is 0 Å². The molecule has 0 aliphatic carbocycles. The van der Waals surface area contributed by atoms with Crippen molar-refractivity contribution < 1.29 is 31.9 Å². The van der Waals surface area contributed by atoms with Gasteiger partial charge in [-0.05, 0) is 18.2 Å². The lowest BCUT2D eigenvalue weighted by atomic mass is 10.0. The average molecular weight is 422 g/mol. The summed E-state index contributed by atoms with van der Waals surface area (Å²) in [4.78, 5) is 18.9. The molecule has 0 radical (unpaired) electrons. The highest BCUT2D eigenvalue weighted by molar-refractivity contribution is 6.00. The van der Waals surface area contributed by atoms with Crippen molar-refractivity contribution in [2.45, 2.75) is 24.8 Å². The molecule has 11 heteroatoms. The predicted octanol–water partition coefficient (Wildman–Crippen LogP) is 2.99. The number of hydrogen-bond donors (Lipinski definition) is 0. The first-order chi connectivity index (χ1) is 14.4. The quantitative estimate of drug-likeness (QED) is 0.632. The molecule has 8 nitrogen and oxygen atoms in total. The van der Waals surface area contributed by atoms with Crippen LogP contribution >= 0.6 is 0 Å². The second kappa shape index (κ2) is 6.81. The van der Waals surface area contributed by atoms with Crippen molar-refractivity contribution in [2.75, 3.05) is 26.3 Å². The number of alkyl halides is 3. The Hall–Kier alpha value is -2.92. The van der Waals surface area contributed by atoms with Crippen LogP contribution in [0.3, 0.4) is 0 Å². The first kappa shape index (κ1) is 19.1. The smallest absolute Gasteiger partial charge is 0.433 e. The number of carbonyl (C=O) groups excluding carboxylic acids is 1. The highest BCUT2D eigenvalue weighted by atomic mass is 19.4. The normalized spacial score (nSPS) is 19.1. The van der Waals surface area contributed by atoms with Gasteiger partial charge in [0.25, 0.3) is 5.91 Å². The molecule has 5 rings (SSSR count). The van der Waals surface area contributed by atoms with Crippen LogP contribution < -0.4 is 0 Å². The Balaban J connectivity index is 1.52. The van der Waals surface area contributed by atoms with E-state index >= 15 is 0 Å². The summed E-state index contributed by atoms with van der Waals surface area (Å²) in [6.07, 6.45) is -1.23. The summed E-state index contributed by atoms with van der Waals surface area (Å²) in [5.74, 6) is -0.931. The molecule has 5 heterocycles. The van der Waals surface area contributed by atoms with Crippen molar-refractivity contribution in [3.8, 4) is 11.5 Å². The number of likely N-dealkylation sites (tertiary alicyclic amines) is 1. The summed E-state index contributed by atoms with van der Waals surface area (Å²) >= 11 is 0. The van der Waals surface area contributed by atoms with E-state index < -0.39 is 23.6 Å². The van der Waals surface area contributed by atoms with Crippen LogP contribution in [0.15, 0.2) is 35.1 Å². The van der Waals surface area contributed by atoms with Gasteiger partial charge in [-0.25, -0.2) is 9.50 Å². The number of hydrogen-bond acceptors (Lipinski definition) is 6. The molecule has 1 spiro atoms. The first-order valence-corrected chi connectivity index (χ1v) is 9.43. The number of nitrogens with zero attached hydrogens (tertiary/aromatic N) is 4. The molecule has 0 bridgehead atoms. The lowest BCUT2D eigenvalue weighted by molar-refractivity contribution is -0.181. The molecule has 0 unspecified atom stereocenters. The van der Waals surface area contributed by atoms with E-state index in [1.165, 1.54) is 12.3 Å². The fraction of sp³-hybridized carbons (Fsp3) is 0.421. The molecule has 2 aliphatic rings. The summed E-state index contributed by atoms with van der Waals surface area (Å²) in [5, 5.41) is 3.80. The molecule has 0 aromatic carbocycles. The Labute approximate surface area is 168 Å². The lowest BCUT2D eigenvalue weighted by Gasteiger charge is -2.37. The maximum absolute atomic E-state index is 13.6. The molecular weight excluding hydrogens is 405 g/mol. The van der Waals surface area contributed by atoms with Crippen LogP contribution in [0.4, 0.5) is 13.2 Å². The lowest BCUT2D eigenvalue weighted by Crippen LogP contribution is -2.47. The van der Waals surface area contributed by atoms with E-state index in [4.69, 9.17) is 13.9 Å². The van der Waals surface area contributed by atoms with Crippen molar-refractivity contribution in [1.29, 1.82) is 0 Å². The van der Waals surface area contributed by atoms with Gasteiger partial charge in [0, 0.05) is 25.9 Å². The van der Waals surface area contributed by atoms with E-state index in [0.29, 0.717) is 43.7 Å². The zero-order chi connectivity index (χ0) is 20.9. The molecule has 3 aromatic rings. The zero-order valence-corrected chi connectivity index (χ0v) is 15.7.